The van der Waals surface area contributed by atoms with Gasteiger partial charge < -0.3 is 10.1 Å². The third-order valence-electron chi connectivity index (χ3n) is 4.05. The summed E-state index contributed by atoms with van der Waals surface area (Å²) in [6, 6.07) is 20.3. The van der Waals surface area contributed by atoms with Crippen LogP contribution in [0.15, 0.2) is 66.9 Å². The number of unbranched alkanes of at least 4 members (excludes halogenated alkanes) is 3. The maximum atomic E-state index is 5.71. The quantitative estimate of drug-likeness (QED) is 0.544. The summed E-state index contributed by atoms with van der Waals surface area (Å²) in [6.07, 6.45) is 6.56. The molecule has 0 bridgehead atoms. The number of hydrogen-bond donors (Lipinski definition) is 1. The zero-order chi connectivity index (χ0) is 16.5. The van der Waals surface area contributed by atoms with Gasteiger partial charge in [-0.25, -0.2) is 0 Å². The highest BCUT2D eigenvalue weighted by atomic mass is 16.5. The monoisotopic (exact) mass is 320 g/mol. The van der Waals surface area contributed by atoms with Crippen LogP contribution >= 0.6 is 0 Å². The van der Waals surface area contributed by atoms with E-state index < -0.39 is 0 Å². The topological polar surface area (TPSA) is 34.1 Å². The van der Waals surface area contributed by atoms with E-state index in [0.717, 1.165) is 30.8 Å². The van der Waals surface area contributed by atoms with Crippen molar-refractivity contribution in [2.75, 3.05) is 18.5 Å². The number of nitrogens with zero attached hydrogens (tertiary/aromatic N) is 1. The Balaban J connectivity index is 1.31. The third kappa shape index (κ3) is 4.72. The van der Waals surface area contributed by atoms with Crippen LogP contribution in [0.25, 0.3) is 10.9 Å². The maximum absolute atomic E-state index is 5.71. The first kappa shape index (κ1) is 16.3. The fourth-order valence-corrected chi connectivity index (χ4v) is 2.76. The maximum Gasteiger partial charge on any atom is 0.119 e. The van der Waals surface area contributed by atoms with Crippen LogP contribution in [0, 0.1) is 0 Å². The van der Waals surface area contributed by atoms with Crippen LogP contribution in [-0.4, -0.2) is 18.1 Å². The molecule has 0 aliphatic rings. The van der Waals surface area contributed by atoms with Crippen LogP contribution in [0.2, 0.25) is 0 Å². The number of benzene rings is 2. The molecule has 0 amide bonds. The lowest BCUT2D eigenvalue weighted by Crippen LogP contribution is -2.03. The minimum atomic E-state index is 0.798. The largest absolute Gasteiger partial charge is 0.494 e. The number of para-hydroxylation sites is 2. The molecule has 0 atom stereocenters. The number of rotatable bonds is 9. The Morgan fingerprint density at radius 1 is 0.792 bits per heavy atom. The number of aromatic nitrogens is 1. The zero-order valence-corrected chi connectivity index (χ0v) is 13.9. The van der Waals surface area contributed by atoms with Crippen molar-refractivity contribution in [1.82, 2.24) is 4.98 Å². The minimum Gasteiger partial charge on any atom is -0.494 e. The first-order valence-electron chi connectivity index (χ1n) is 8.69. The van der Waals surface area contributed by atoms with Gasteiger partial charge in [0, 0.05) is 23.8 Å². The second-order valence-electron chi connectivity index (χ2n) is 5.88. The first-order valence-corrected chi connectivity index (χ1v) is 8.69. The molecular formula is C21H24N2O. The number of nitrogens with one attached hydrogen (secondary N) is 1. The Hall–Kier alpha value is -2.55. The predicted octanol–water partition coefficient (Wildman–Crippen LogP) is 5.29. The number of anilines is 1. The van der Waals surface area contributed by atoms with E-state index in [4.69, 9.17) is 4.74 Å². The SMILES string of the molecule is c1ccc(OCCCCCCNc2ccnc3ccccc23)cc1. The fourth-order valence-electron chi connectivity index (χ4n) is 2.76. The lowest BCUT2D eigenvalue weighted by Gasteiger charge is -2.09. The van der Waals surface area contributed by atoms with Crippen LogP contribution in [0.5, 0.6) is 5.75 Å². The number of ether oxygens (including phenoxy) is 1. The van der Waals surface area contributed by atoms with Gasteiger partial charge in [-0.1, -0.05) is 49.2 Å². The highest BCUT2D eigenvalue weighted by molar-refractivity contribution is 5.90. The van der Waals surface area contributed by atoms with Crippen molar-refractivity contribution in [3.63, 3.8) is 0 Å². The molecule has 3 aromatic rings. The average Bonchev–Trinajstić information content (AvgIpc) is 2.65. The van der Waals surface area contributed by atoms with E-state index in [2.05, 4.69) is 28.5 Å². The lowest BCUT2D eigenvalue weighted by molar-refractivity contribution is 0.305. The molecule has 3 rings (SSSR count). The van der Waals surface area contributed by atoms with Gasteiger partial charge in [0.2, 0.25) is 0 Å². The molecule has 1 heterocycles. The predicted molar refractivity (Wildman–Crippen MR) is 101 cm³/mol. The zero-order valence-electron chi connectivity index (χ0n) is 13.9. The van der Waals surface area contributed by atoms with Crippen LogP contribution in [0.4, 0.5) is 5.69 Å². The molecule has 0 aliphatic carbocycles. The van der Waals surface area contributed by atoms with Gasteiger partial charge in [0.05, 0.1) is 12.1 Å². The molecule has 3 nitrogen and oxygen atoms in total. The lowest BCUT2D eigenvalue weighted by atomic mass is 10.1. The van der Waals surface area contributed by atoms with Crippen molar-refractivity contribution in [1.29, 1.82) is 0 Å². The molecule has 0 unspecified atom stereocenters. The normalized spacial score (nSPS) is 10.7. The molecule has 1 aromatic heterocycles. The molecule has 3 heteroatoms. The van der Waals surface area contributed by atoms with Gasteiger partial charge in [0.25, 0.3) is 0 Å². The number of fused-ring (bicyclic) bond motifs is 1. The second-order valence-corrected chi connectivity index (χ2v) is 5.88. The van der Waals surface area contributed by atoms with Crippen LogP contribution < -0.4 is 10.1 Å². The van der Waals surface area contributed by atoms with Crippen molar-refractivity contribution in [2.45, 2.75) is 25.7 Å². The Morgan fingerprint density at radius 3 is 2.50 bits per heavy atom. The molecule has 0 spiro atoms. The van der Waals surface area contributed by atoms with Gasteiger partial charge >= 0.3 is 0 Å². The summed E-state index contributed by atoms with van der Waals surface area (Å²) >= 11 is 0. The summed E-state index contributed by atoms with van der Waals surface area (Å²) in [7, 11) is 0. The van der Waals surface area contributed by atoms with Gasteiger partial charge in [-0.05, 0) is 37.1 Å². The molecule has 0 aliphatic heterocycles. The number of hydrogen-bond acceptors (Lipinski definition) is 3. The molecular weight excluding hydrogens is 296 g/mol. The van der Waals surface area contributed by atoms with Gasteiger partial charge in [-0.2, -0.15) is 0 Å². The summed E-state index contributed by atoms with van der Waals surface area (Å²) < 4.78 is 5.71. The Morgan fingerprint density at radius 2 is 1.58 bits per heavy atom. The standard InChI is InChI=1S/C21H24N2O/c1(2-9-17-24-18-10-4-3-5-11-18)8-15-22-21-14-16-23-20-13-7-6-12-19(20)21/h3-7,10-14,16H,1-2,8-9,15,17H2,(H,22,23). The second kappa shape index (κ2) is 8.92. The van der Waals surface area contributed by atoms with Crippen LogP contribution in [0.3, 0.4) is 0 Å². The van der Waals surface area contributed by atoms with Crippen LogP contribution in [-0.2, 0) is 0 Å². The highest BCUT2D eigenvalue weighted by Crippen LogP contribution is 2.20. The van der Waals surface area contributed by atoms with Crippen molar-refractivity contribution in [2.24, 2.45) is 0 Å². The van der Waals surface area contributed by atoms with Gasteiger partial charge in [0.1, 0.15) is 5.75 Å². The van der Waals surface area contributed by atoms with Crippen molar-refractivity contribution < 1.29 is 4.74 Å². The Bertz CT molecular complexity index is 738. The molecule has 2 aromatic carbocycles. The van der Waals surface area contributed by atoms with Crippen molar-refractivity contribution in [3.8, 4) is 5.75 Å². The summed E-state index contributed by atoms with van der Waals surface area (Å²) in [5.41, 5.74) is 2.22. The molecule has 1 N–H and O–H groups in total. The summed E-state index contributed by atoms with van der Waals surface area (Å²) in [5, 5.41) is 4.72. The molecule has 0 radical (unpaired) electrons. The molecule has 0 fully saturated rings. The Kier molecular flexibility index (Phi) is 6.06. The fraction of sp³-hybridized carbons (Fsp3) is 0.286. The van der Waals surface area contributed by atoms with Crippen molar-refractivity contribution >= 4 is 16.6 Å². The molecule has 0 saturated heterocycles. The minimum absolute atomic E-state index is 0.798. The van der Waals surface area contributed by atoms with E-state index in [0.29, 0.717) is 0 Å². The van der Waals surface area contributed by atoms with E-state index >= 15 is 0 Å². The van der Waals surface area contributed by atoms with E-state index in [9.17, 15) is 0 Å². The van der Waals surface area contributed by atoms with Crippen LogP contribution in [0.1, 0.15) is 25.7 Å². The van der Waals surface area contributed by atoms with Gasteiger partial charge in [-0.15, -0.1) is 0 Å². The first-order chi connectivity index (χ1) is 11.9. The van der Waals surface area contributed by atoms with E-state index in [1.165, 1.54) is 30.3 Å². The summed E-state index contributed by atoms with van der Waals surface area (Å²) in [5.74, 6) is 0.962. The smallest absolute Gasteiger partial charge is 0.119 e. The summed E-state index contributed by atoms with van der Waals surface area (Å²) in [6.45, 7) is 1.79. The average molecular weight is 320 g/mol. The van der Waals surface area contributed by atoms with Gasteiger partial charge in [-0.3, -0.25) is 4.98 Å². The molecule has 124 valence electrons. The van der Waals surface area contributed by atoms with Crippen molar-refractivity contribution in [3.05, 3.63) is 66.9 Å². The highest BCUT2D eigenvalue weighted by Gasteiger charge is 2.00. The number of pyridine rings is 1. The third-order valence-corrected chi connectivity index (χ3v) is 4.05. The molecule has 0 saturated carbocycles. The molecule has 24 heavy (non-hydrogen) atoms. The Labute approximate surface area is 143 Å². The van der Waals surface area contributed by atoms with E-state index in [1.807, 2.05) is 48.7 Å². The van der Waals surface area contributed by atoms with E-state index in [-0.39, 0.29) is 0 Å². The van der Waals surface area contributed by atoms with Gasteiger partial charge in [0.15, 0.2) is 0 Å². The van der Waals surface area contributed by atoms with E-state index in [1.54, 1.807) is 0 Å². The summed E-state index contributed by atoms with van der Waals surface area (Å²) in [4.78, 5) is 4.39.